The monoisotopic (exact) mass is 266 g/mol. The summed E-state index contributed by atoms with van der Waals surface area (Å²) in [5, 5.41) is 13.1. The zero-order valence-corrected chi connectivity index (χ0v) is 10.6. The molecule has 1 aromatic rings. The highest BCUT2D eigenvalue weighted by atomic mass is 16.6. The Bertz CT molecular complexity index is 513. The Morgan fingerprint density at radius 3 is 2.58 bits per heavy atom. The van der Waals surface area contributed by atoms with Crippen LogP contribution in [0.25, 0.3) is 0 Å². The highest BCUT2D eigenvalue weighted by Gasteiger charge is 2.18. The van der Waals surface area contributed by atoms with Crippen LogP contribution in [0.15, 0.2) is 18.2 Å². The first-order chi connectivity index (χ1) is 8.99. The first kappa shape index (κ1) is 14.6. The van der Waals surface area contributed by atoms with Crippen molar-refractivity contribution in [3.8, 4) is 0 Å². The van der Waals surface area contributed by atoms with E-state index in [0.717, 1.165) is 0 Å². The van der Waals surface area contributed by atoms with Gasteiger partial charge in [-0.25, -0.2) is 4.79 Å². The van der Waals surface area contributed by atoms with E-state index in [-0.39, 0.29) is 18.0 Å². The molecule has 0 aliphatic carbocycles. The van der Waals surface area contributed by atoms with Crippen molar-refractivity contribution in [1.29, 1.82) is 0 Å². The summed E-state index contributed by atoms with van der Waals surface area (Å²) < 4.78 is 4.51. The third kappa shape index (κ3) is 3.77. The lowest BCUT2D eigenvalue weighted by atomic mass is 10.1. The normalized spacial score (nSPS) is 9.79. The predicted molar refractivity (Wildman–Crippen MR) is 67.7 cm³/mol. The minimum absolute atomic E-state index is 0.0845. The predicted octanol–water partition coefficient (Wildman–Crippen LogP) is 1.66. The van der Waals surface area contributed by atoms with Crippen LogP contribution in [0.2, 0.25) is 0 Å². The summed E-state index contributed by atoms with van der Waals surface area (Å²) in [5.74, 6) is -1.98. The zero-order valence-electron chi connectivity index (χ0n) is 10.6. The molecule has 0 saturated heterocycles. The Kier molecular flexibility index (Phi) is 4.99. The number of hydrogen-bond donors (Lipinski definition) is 1. The van der Waals surface area contributed by atoms with Gasteiger partial charge in [0.2, 0.25) is 0 Å². The first-order valence-corrected chi connectivity index (χ1v) is 5.75. The quantitative estimate of drug-likeness (QED) is 0.386. The lowest BCUT2D eigenvalue weighted by molar-refractivity contribution is -0.385. The van der Waals surface area contributed by atoms with E-state index in [1.165, 1.54) is 12.1 Å². The van der Waals surface area contributed by atoms with Crippen LogP contribution in [0.5, 0.6) is 0 Å². The van der Waals surface area contributed by atoms with Crippen molar-refractivity contribution in [3.63, 3.8) is 0 Å². The molecule has 0 spiro atoms. The fraction of sp³-hybridized carbons (Fsp3) is 0.333. The van der Waals surface area contributed by atoms with Crippen molar-refractivity contribution >= 4 is 23.3 Å². The second-order valence-electron chi connectivity index (χ2n) is 3.63. The minimum atomic E-state index is -1.02. The van der Waals surface area contributed by atoms with Gasteiger partial charge in [-0.3, -0.25) is 14.9 Å². The third-order valence-corrected chi connectivity index (χ3v) is 2.38. The Morgan fingerprint density at radius 1 is 1.37 bits per heavy atom. The number of nitro benzene ring substituents is 1. The van der Waals surface area contributed by atoms with Crippen LogP contribution < -0.4 is 5.32 Å². The lowest BCUT2D eigenvalue weighted by Gasteiger charge is -2.06. The van der Waals surface area contributed by atoms with Crippen LogP contribution in [-0.2, 0) is 20.7 Å². The molecule has 1 amide bonds. The van der Waals surface area contributed by atoms with Crippen LogP contribution in [0.4, 0.5) is 11.4 Å². The van der Waals surface area contributed by atoms with E-state index in [1.807, 2.05) is 0 Å². The summed E-state index contributed by atoms with van der Waals surface area (Å²) in [6.07, 6.45) is 0.502. The van der Waals surface area contributed by atoms with Crippen LogP contribution >= 0.6 is 0 Å². The Labute approximate surface area is 109 Å². The maximum Gasteiger partial charge on any atom is 0.397 e. The lowest BCUT2D eigenvalue weighted by Crippen LogP contribution is -2.25. The van der Waals surface area contributed by atoms with Crippen molar-refractivity contribution in [1.82, 2.24) is 0 Å². The SMILES string of the molecule is CCOC(=O)C(=O)Nc1ccc(CC)c([N+](=O)[O-])c1. The van der Waals surface area contributed by atoms with Gasteiger partial charge >= 0.3 is 11.9 Å². The number of carbonyl (C=O) groups is 2. The van der Waals surface area contributed by atoms with E-state index >= 15 is 0 Å². The molecule has 7 nitrogen and oxygen atoms in total. The van der Waals surface area contributed by atoms with Gasteiger partial charge in [0.25, 0.3) is 5.69 Å². The molecule has 0 unspecified atom stereocenters. The molecule has 0 bridgehead atoms. The van der Waals surface area contributed by atoms with Gasteiger partial charge in [-0.05, 0) is 19.4 Å². The standard InChI is InChI=1S/C12H14N2O5/c1-3-8-5-6-9(7-10(8)14(17)18)13-11(15)12(16)19-4-2/h5-7H,3-4H2,1-2H3,(H,13,15). The van der Waals surface area contributed by atoms with Gasteiger partial charge in [-0.2, -0.15) is 0 Å². The van der Waals surface area contributed by atoms with E-state index in [1.54, 1.807) is 19.9 Å². The first-order valence-electron chi connectivity index (χ1n) is 5.75. The maximum absolute atomic E-state index is 11.4. The van der Waals surface area contributed by atoms with Crippen LogP contribution in [0, 0.1) is 10.1 Å². The summed E-state index contributed by atoms with van der Waals surface area (Å²) >= 11 is 0. The van der Waals surface area contributed by atoms with E-state index in [0.29, 0.717) is 12.0 Å². The number of hydrogen-bond acceptors (Lipinski definition) is 5. The number of anilines is 1. The van der Waals surface area contributed by atoms with Gasteiger partial charge in [0.1, 0.15) is 0 Å². The van der Waals surface area contributed by atoms with E-state index in [9.17, 15) is 19.7 Å². The highest BCUT2D eigenvalue weighted by Crippen LogP contribution is 2.23. The van der Waals surface area contributed by atoms with Gasteiger partial charge in [0.05, 0.1) is 11.5 Å². The summed E-state index contributed by atoms with van der Waals surface area (Å²) in [7, 11) is 0. The molecule has 0 saturated carbocycles. The Hall–Kier alpha value is -2.44. The number of amides is 1. The smallest absolute Gasteiger partial charge is 0.397 e. The number of aryl methyl sites for hydroxylation is 1. The molecular formula is C12H14N2O5. The Balaban J connectivity index is 2.91. The molecule has 7 heteroatoms. The Morgan fingerprint density at radius 2 is 2.05 bits per heavy atom. The molecule has 0 aliphatic heterocycles. The van der Waals surface area contributed by atoms with Crippen molar-refractivity contribution in [2.45, 2.75) is 20.3 Å². The van der Waals surface area contributed by atoms with Gasteiger partial charge in [0.15, 0.2) is 0 Å². The average molecular weight is 266 g/mol. The molecular weight excluding hydrogens is 252 g/mol. The molecule has 0 aliphatic rings. The number of carbonyl (C=O) groups excluding carboxylic acids is 2. The largest absolute Gasteiger partial charge is 0.459 e. The number of ether oxygens (including phenoxy) is 1. The number of esters is 1. The summed E-state index contributed by atoms with van der Waals surface area (Å²) in [6.45, 7) is 3.45. The van der Waals surface area contributed by atoms with E-state index < -0.39 is 16.8 Å². The van der Waals surface area contributed by atoms with Gasteiger partial charge < -0.3 is 10.1 Å². The second kappa shape index (κ2) is 6.48. The molecule has 0 aromatic heterocycles. The van der Waals surface area contributed by atoms with Gasteiger partial charge in [-0.15, -0.1) is 0 Å². The summed E-state index contributed by atoms with van der Waals surface area (Å²) in [5.41, 5.74) is 0.644. The van der Waals surface area contributed by atoms with Crippen molar-refractivity contribution in [2.75, 3.05) is 11.9 Å². The molecule has 1 aromatic carbocycles. The van der Waals surface area contributed by atoms with Crippen LogP contribution in [-0.4, -0.2) is 23.4 Å². The number of rotatable bonds is 4. The third-order valence-electron chi connectivity index (χ3n) is 2.38. The number of nitro groups is 1. The van der Waals surface area contributed by atoms with E-state index in [2.05, 4.69) is 10.1 Å². The molecule has 0 atom stereocenters. The molecule has 102 valence electrons. The maximum atomic E-state index is 11.4. The minimum Gasteiger partial charge on any atom is -0.459 e. The molecule has 1 N–H and O–H groups in total. The fourth-order valence-electron chi connectivity index (χ4n) is 1.49. The molecule has 0 fully saturated rings. The highest BCUT2D eigenvalue weighted by molar-refractivity contribution is 6.37. The van der Waals surface area contributed by atoms with Crippen molar-refractivity contribution < 1.29 is 19.2 Å². The second-order valence-corrected chi connectivity index (χ2v) is 3.63. The molecule has 1 rings (SSSR count). The van der Waals surface area contributed by atoms with E-state index in [4.69, 9.17) is 0 Å². The van der Waals surface area contributed by atoms with Crippen molar-refractivity contribution in [3.05, 3.63) is 33.9 Å². The summed E-state index contributed by atoms with van der Waals surface area (Å²) in [6, 6.07) is 4.26. The molecule has 0 radical (unpaired) electrons. The van der Waals surface area contributed by atoms with Crippen LogP contribution in [0.3, 0.4) is 0 Å². The fourth-order valence-corrected chi connectivity index (χ4v) is 1.49. The van der Waals surface area contributed by atoms with Gasteiger partial charge in [-0.1, -0.05) is 13.0 Å². The number of benzene rings is 1. The number of nitrogens with zero attached hydrogens (tertiary/aromatic N) is 1. The molecule has 19 heavy (non-hydrogen) atoms. The van der Waals surface area contributed by atoms with Gasteiger partial charge in [0, 0.05) is 17.3 Å². The zero-order chi connectivity index (χ0) is 14.4. The summed E-state index contributed by atoms with van der Waals surface area (Å²) in [4.78, 5) is 32.8. The topological polar surface area (TPSA) is 98.5 Å². The number of nitrogens with one attached hydrogen (secondary N) is 1. The average Bonchev–Trinajstić information content (AvgIpc) is 2.38. The van der Waals surface area contributed by atoms with Crippen molar-refractivity contribution in [2.24, 2.45) is 0 Å². The molecule has 0 heterocycles. The van der Waals surface area contributed by atoms with Crippen LogP contribution in [0.1, 0.15) is 19.4 Å².